The average molecular weight is 473 g/mol. The standard InChI is InChI=1S/C25H25FN8O/c1-3-23(35)30-22-14-20(34-12-10-33(2)11-13-34)8-9-21(22)31-25-28-16-17(15-27)24(32-25)29-19-6-4-18(26)5-7-19/h3-9,14,16H,1,10-13H2,2H3,(H,30,35)(H2,28,29,31,32). The van der Waals surface area contributed by atoms with Crippen molar-refractivity contribution < 1.29 is 9.18 Å². The van der Waals surface area contributed by atoms with E-state index in [1.54, 1.807) is 12.1 Å². The highest BCUT2D eigenvalue weighted by molar-refractivity contribution is 6.02. The Bertz CT molecular complexity index is 1260. The van der Waals surface area contributed by atoms with Crippen molar-refractivity contribution in [3.63, 3.8) is 0 Å². The zero-order valence-corrected chi connectivity index (χ0v) is 19.3. The third kappa shape index (κ3) is 5.90. The fourth-order valence-electron chi connectivity index (χ4n) is 3.60. The summed E-state index contributed by atoms with van der Waals surface area (Å²) in [6, 6.07) is 13.5. The molecule has 0 aliphatic carbocycles. The molecule has 2 heterocycles. The average Bonchev–Trinajstić information content (AvgIpc) is 2.87. The second kappa shape index (κ2) is 10.6. The maximum atomic E-state index is 13.2. The van der Waals surface area contributed by atoms with Crippen LogP contribution in [-0.4, -0.2) is 54.0 Å². The van der Waals surface area contributed by atoms with Gasteiger partial charge in [-0.3, -0.25) is 4.79 Å². The van der Waals surface area contributed by atoms with Crippen molar-refractivity contribution >= 4 is 40.4 Å². The van der Waals surface area contributed by atoms with E-state index in [0.29, 0.717) is 17.1 Å². The normalized spacial score (nSPS) is 13.6. The number of halogens is 1. The van der Waals surface area contributed by atoms with Crippen LogP contribution in [0.25, 0.3) is 0 Å². The summed E-state index contributed by atoms with van der Waals surface area (Å²) in [5.41, 5.74) is 2.92. The quantitative estimate of drug-likeness (QED) is 0.445. The number of hydrogen-bond donors (Lipinski definition) is 3. The van der Waals surface area contributed by atoms with Gasteiger partial charge in [0, 0.05) is 37.6 Å². The zero-order valence-electron chi connectivity index (χ0n) is 19.3. The highest BCUT2D eigenvalue weighted by Gasteiger charge is 2.17. The van der Waals surface area contributed by atoms with Gasteiger partial charge in [0.15, 0.2) is 5.82 Å². The molecule has 0 unspecified atom stereocenters. The molecule has 2 aromatic carbocycles. The van der Waals surface area contributed by atoms with Gasteiger partial charge in [0.25, 0.3) is 0 Å². The fourth-order valence-corrected chi connectivity index (χ4v) is 3.60. The third-order valence-corrected chi connectivity index (χ3v) is 5.58. The Morgan fingerprint density at radius 3 is 2.54 bits per heavy atom. The van der Waals surface area contributed by atoms with E-state index < -0.39 is 0 Å². The zero-order chi connectivity index (χ0) is 24.8. The van der Waals surface area contributed by atoms with Gasteiger partial charge in [0.2, 0.25) is 11.9 Å². The van der Waals surface area contributed by atoms with Crippen LogP contribution >= 0.6 is 0 Å². The molecule has 0 atom stereocenters. The highest BCUT2D eigenvalue weighted by atomic mass is 19.1. The predicted octanol–water partition coefficient (Wildman–Crippen LogP) is 3.85. The molecule has 0 radical (unpaired) electrons. The predicted molar refractivity (Wildman–Crippen MR) is 135 cm³/mol. The summed E-state index contributed by atoms with van der Waals surface area (Å²) in [4.78, 5) is 25.3. The van der Waals surface area contributed by atoms with Gasteiger partial charge in [-0.05, 0) is 55.6 Å². The van der Waals surface area contributed by atoms with E-state index in [1.165, 1.54) is 24.4 Å². The Balaban J connectivity index is 1.61. The van der Waals surface area contributed by atoms with E-state index in [2.05, 4.69) is 49.3 Å². The number of rotatable bonds is 7. The topological polar surface area (TPSA) is 109 Å². The molecule has 0 saturated carbocycles. The van der Waals surface area contributed by atoms with Gasteiger partial charge in [-0.25, -0.2) is 9.37 Å². The highest BCUT2D eigenvalue weighted by Crippen LogP contribution is 2.31. The number of hydrogen-bond acceptors (Lipinski definition) is 8. The molecule has 1 aliphatic rings. The molecule has 9 nitrogen and oxygen atoms in total. The second-order valence-corrected chi connectivity index (χ2v) is 8.04. The third-order valence-electron chi connectivity index (χ3n) is 5.58. The van der Waals surface area contributed by atoms with Crippen LogP contribution in [0.1, 0.15) is 5.56 Å². The van der Waals surface area contributed by atoms with E-state index >= 15 is 0 Å². The van der Waals surface area contributed by atoms with Gasteiger partial charge in [0.05, 0.1) is 17.6 Å². The minimum atomic E-state index is -0.366. The van der Waals surface area contributed by atoms with Gasteiger partial charge in [-0.1, -0.05) is 6.58 Å². The van der Waals surface area contributed by atoms with Crippen LogP contribution < -0.4 is 20.9 Å². The molecule has 1 saturated heterocycles. The number of aromatic nitrogens is 2. The fraction of sp³-hybridized carbons (Fsp3) is 0.200. The van der Waals surface area contributed by atoms with Crippen molar-refractivity contribution in [2.75, 3.05) is 54.1 Å². The largest absolute Gasteiger partial charge is 0.369 e. The summed E-state index contributed by atoms with van der Waals surface area (Å²) in [6.07, 6.45) is 2.59. The lowest BCUT2D eigenvalue weighted by Gasteiger charge is -2.34. The van der Waals surface area contributed by atoms with Crippen LogP contribution in [-0.2, 0) is 4.79 Å². The number of carbonyl (C=O) groups is 1. The van der Waals surface area contributed by atoms with Crippen molar-refractivity contribution in [1.82, 2.24) is 14.9 Å². The molecule has 0 spiro atoms. The molecular weight excluding hydrogens is 447 g/mol. The number of nitriles is 1. The van der Waals surface area contributed by atoms with E-state index in [9.17, 15) is 14.4 Å². The molecule has 1 aliphatic heterocycles. The van der Waals surface area contributed by atoms with Gasteiger partial charge >= 0.3 is 0 Å². The van der Waals surface area contributed by atoms with Crippen LogP contribution in [0, 0.1) is 17.1 Å². The van der Waals surface area contributed by atoms with Crippen LogP contribution in [0.2, 0.25) is 0 Å². The summed E-state index contributed by atoms with van der Waals surface area (Å²) in [7, 11) is 2.09. The van der Waals surface area contributed by atoms with Crippen molar-refractivity contribution in [3.8, 4) is 6.07 Å². The van der Waals surface area contributed by atoms with Crippen molar-refractivity contribution in [2.24, 2.45) is 0 Å². The maximum Gasteiger partial charge on any atom is 0.247 e. The van der Waals surface area contributed by atoms with Crippen molar-refractivity contribution in [2.45, 2.75) is 0 Å². The molecule has 1 aromatic heterocycles. The summed E-state index contributed by atoms with van der Waals surface area (Å²) >= 11 is 0. The number of piperazine rings is 1. The van der Waals surface area contributed by atoms with Gasteiger partial charge in [-0.15, -0.1) is 0 Å². The molecule has 178 valence electrons. The molecule has 0 bridgehead atoms. The lowest BCUT2D eigenvalue weighted by Crippen LogP contribution is -2.44. The Hall–Kier alpha value is -4.49. The van der Waals surface area contributed by atoms with E-state index in [4.69, 9.17) is 0 Å². The van der Waals surface area contributed by atoms with Crippen LogP contribution in [0.5, 0.6) is 0 Å². The summed E-state index contributed by atoms with van der Waals surface area (Å²) in [5, 5.41) is 18.4. The van der Waals surface area contributed by atoms with Crippen LogP contribution in [0.4, 0.5) is 38.9 Å². The lowest BCUT2D eigenvalue weighted by molar-refractivity contribution is -0.111. The second-order valence-electron chi connectivity index (χ2n) is 8.04. The van der Waals surface area contributed by atoms with E-state index in [-0.39, 0.29) is 29.1 Å². The first-order valence-corrected chi connectivity index (χ1v) is 11.0. The van der Waals surface area contributed by atoms with Crippen molar-refractivity contribution in [1.29, 1.82) is 5.26 Å². The number of likely N-dealkylation sites (N-methyl/N-ethyl adjacent to an activating group) is 1. The summed E-state index contributed by atoms with van der Waals surface area (Å²) < 4.78 is 13.2. The number of nitrogens with zero attached hydrogens (tertiary/aromatic N) is 5. The Morgan fingerprint density at radius 1 is 1.11 bits per heavy atom. The van der Waals surface area contributed by atoms with E-state index in [1.807, 2.05) is 24.3 Å². The van der Waals surface area contributed by atoms with E-state index in [0.717, 1.165) is 31.9 Å². The number of anilines is 6. The van der Waals surface area contributed by atoms with Crippen LogP contribution in [0.15, 0.2) is 61.3 Å². The monoisotopic (exact) mass is 472 g/mol. The molecule has 3 N–H and O–H groups in total. The molecule has 35 heavy (non-hydrogen) atoms. The first-order chi connectivity index (χ1) is 16.9. The SMILES string of the molecule is C=CC(=O)Nc1cc(N2CCN(C)CC2)ccc1Nc1ncc(C#N)c(Nc2ccc(F)cc2)n1. The van der Waals surface area contributed by atoms with Crippen molar-refractivity contribution in [3.05, 3.63) is 72.7 Å². The Labute approximate surface area is 202 Å². The molecule has 1 amide bonds. The first kappa shape index (κ1) is 23.7. The molecule has 4 rings (SSSR count). The molecule has 1 fully saturated rings. The number of benzene rings is 2. The molecule has 3 aromatic rings. The summed E-state index contributed by atoms with van der Waals surface area (Å²) in [5.74, 6) is -0.226. The van der Waals surface area contributed by atoms with Gasteiger partial charge in [-0.2, -0.15) is 10.2 Å². The summed E-state index contributed by atoms with van der Waals surface area (Å²) in [6.45, 7) is 7.21. The smallest absolute Gasteiger partial charge is 0.247 e. The number of nitrogens with one attached hydrogen (secondary N) is 3. The Kier molecular flexibility index (Phi) is 7.18. The lowest BCUT2D eigenvalue weighted by atomic mass is 10.2. The molecule has 10 heteroatoms. The van der Waals surface area contributed by atoms with Crippen LogP contribution in [0.3, 0.4) is 0 Å². The maximum absolute atomic E-state index is 13.2. The molecular formula is C25H25FN8O. The first-order valence-electron chi connectivity index (χ1n) is 11.0. The number of carbonyl (C=O) groups excluding carboxylic acids is 1. The van der Waals surface area contributed by atoms with Gasteiger partial charge < -0.3 is 25.8 Å². The van der Waals surface area contributed by atoms with Gasteiger partial charge in [0.1, 0.15) is 17.4 Å². The Morgan fingerprint density at radius 2 is 1.86 bits per heavy atom. The number of amides is 1. The minimum Gasteiger partial charge on any atom is -0.369 e. The minimum absolute atomic E-state index is 0.218.